The molecule has 3 aromatic carbocycles. The van der Waals surface area contributed by atoms with Gasteiger partial charge in [0.1, 0.15) is 0 Å². The van der Waals surface area contributed by atoms with Gasteiger partial charge in [0, 0.05) is 31.7 Å². The third kappa shape index (κ3) is 4.02. The fraction of sp³-hybridized carbons (Fsp3) is 0.0741. The Bertz CT molecular complexity index is 1500. The Labute approximate surface area is 214 Å². The molecule has 6 rings (SSSR count). The smallest absolute Gasteiger partial charge is 0.223 e. The lowest BCUT2D eigenvalue weighted by atomic mass is 10.0. The Kier molecular flexibility index (Phi) is 5.65. The number of hydrazone groups is 1. The highest BCUT2D eigenvalue weighted by molar-refractivity contribution is 9.10. The predicted octanol–water partition coefficient (Wildman–Crippen LogP) is 8.13. The second-order valence-corrected chi connectivity index (χ2v) is 10.4. The number of aromatic nitrogens is 2. The number of anilines is 1. The summed E-state index contributed by atoms with van der Waals surface area (Å²) in [5, 5.41) is 10.7. The molecule has 2 aromatic heterocycles. The first kappa shape index (κ1) is 21.5. The van der Waals surface area contributed by atoms with Crippen molar-refractivity contribution in [1.29, 1.82) is 0 Å². The number of halogens is 2. The highest BCUT2D eigenvalue weighted by Gasteiger charge is 2.33. The van der Waals surface area contributed by atoms with Gasteiger partial charge >= 0.3 is 0 Å². The van der Waals surface area contributed by atoms with Crippen molar-refractivity contribution >= 4 is 61.4 Å². The predicted molar refractivity (Wildman–Crippen MR) is 145 cm³/mol. The van der Waals surface area contributed by atoms with Crippen molar-refractivity contribution in [3.8, 4) is 11.3 Å². The first-order chi connectivity index (χ1) is 16.7. The van der Waals surface area contributed by atoms with Gasteiger partial charge in [-0.3, -0.25) is 0 Å². The van der Waals surface area contributed by atoms with Crippen LogP contribution in [0.25, 0.3) is 22.2 Å². The minimum Gasteiger partial charge on any atom is -0.223 e. The maximum Gasteiger partial charge on any atom is 0.247 e. The second-order valence-electron chi connectivity index (χ2n) is 8.03. The van der Waals surface area contributed by atoms with Gasteiger partial charge < -0.3 is 0 Å². The molecule has 1 atom stereocenters. The lowest BCUT2D eigenvalue weighted by molar-refractivity contribution is 0.700. The SMILES string of the molecule is Clc1ccc2nc(N3N=C(c4ccc(Br)cc4)C[C@H]3c3cccs3)nc(-c3ccccc3)c2c1. The van der Waals surface area contributed by atoms with Crippen LogP contribution < -0.4 is 5.01 Å². The molecule has 0 bridgehead atoms. The molecular formula is C27H18BrClN4S. The lowest BCUT2D eigenvalue weighted by Gasteiger charge is -2.21. The minimum absolute atomic E-state index is 0.0343. The van der Waals surface area contributed by atoms with Gasteiger partial charge in [-0.05, 0) is 47.3 Å². The van der Waals surface area contributed by atoms with E-state index in [2.05, 4.69) is 57.7 Å². The van der Waals surface area contributed by atoms with E-state index in [0.717, 1.165) is 44.3 Å². The van der Waals surface area contributed by atoms with Gasteiger partial charge in [-0.25, -0.2) is 15.0 Å². The molecule has 0 N–H and O–H groups in total. The number of rotatable bonds is 4. The van der Waals surface area contributed by atoms with Crippen LogP contribution in [0, 0.1) is 0 Å². The Balaban J connectivity index is 1.53. The van der Waals surface area contributed by atoms with E-state index in [0.29, 0.717) is 11.0 Å². The summed E-state index contributed by atoms with van der Waals surface area (Å²) >= 11 is 11.6. The Morgan fingerprint density at radius 1 is 0.882 bits per heavy atom. The Morgan fingerprint density at radius 3 is 2.47 bits per heavy atom. The van der Waals surface area contributed by atoms with Crippen LogP contribution in [0.2, 0.25) is 5.02 Å². The molecule has 1 aliphatic heterocycles. The Morgan fingerprint density at radius 2 is 1.71 bits per heavy atom. The number of hydrogen-bond acceptors (Lipinski definition) is 5. The zero-order chi connectivity index (χ0) is 23.1. The first-order valence-corrected chi connectivity index (χ1v) is 12.9. The molecule has 0 unspecified atom stereocenters. The molecule has 0 radical (unpaired) electrons. The fourth-order valence-corrected chi connectivity index (χ4v) is 5.47. The average molecular weight is 546 g/mol. The van der Waals surface area contributed by atoms with E-state index in [1.54, 1.807) is 11.3 Å². The lowest BCUT2D eigenvalue weighted by Crippen LogP contribution is -2.20. The number of hydrogen-bond donors (Lipinski definition) is 0. The van der Waals surface area contributed by atoms with Gasteiger partial charge in [0.15, 0.2) is 0 Å². The zero-order valence-electron chi connectivity index (χ0n) is 17.9. The zero-order valence-corrected chi connectivity index (χ0v) is 21.1. The van der Waals surface area contributed by atoms with Crippen molar-refractivity contribution < 1.29 is 0 Å². The molecule has 1 aliphatic rings. The molecule has 0 amide bonds. The topological polar surface area (TPSA) is 41.4 Å². The molecule has 34 heavy (non-hydrogen) atoms. The maximum atomic E-state index is 6.34. The number of fused-ring (bicyclic) bond motifs is 1. The molecule has 0 saturated carbocycles. The van der Waals surface area contributed by atoms with Crippen molar-refractivity contribution in [3.05, 3.63) is 110 Å². The Hall–Kier alpha value is -3.06. The average Bonchev–Trinajstić information content (AvgIpc) is 3.55. The van der Waals surface area contributed by atoms with Crippen molar-refractivity contribution in [1.82, 2.24) is 9.97 Å². The second kappa shape index (κ2) is 8.95. The van der Waals surface area contributed by atoms with E-state index >= 15 is 0 Å². The van der Waals surface area contributed by atoms with Crippen LogP contribution in [0.1, 0.15) is 22.9 Å². The summed E-state index contributed by atoms with van der Waals surface area (Å²) < 4.78 is 1.05. The first-order valence-electron chi connectivity index (χ1n) is 10.8. The molecule has 0 spiro atoms. The summed E-state index contributed by atoms with van der Waals surface area (Å²) in [5.41, 5.74) is 4.82. The van der Waals surface area contributed by atoms with E-state index < -0.39 is 0 Å². The van der Waals surface area contributed by atoms with Crippen LogP contribution >= 0.6 is 38.9 Å². The summed E-state index contributed by atoms with van der Waals surface area (Å²) in [6.45, 7) is 0. The molecule has 166 valence electrons. The van der Waals surface area contributed by atoms with Crippen molar-refractivity contribution in [2.24, 2.45) is 5.10 Å². The molecule has 4 nitrogen and oxygen atoms in total. The highest BCUT2D eigenvalue weighted by Crippen LogP contribution is 2.39. The van der Waals surface area contributed by atoms with E-state index in [9.17, 15) is 0 Å². The molecule has 7 heteroatoms. The summed E-state index contributed by atoms with van der Waals surface area (Å²) in [4.78, 5) is 11.2. The van der Waals surface area contributed by atoms with E-state index in [-0.39, 0.29) is 6.04 Å². The highest BCUT2D eigenvalue weighted by atomic mass is 79.9. The summed E-state index contributed by atoms with van der Waals surface area (Å²) in [5.74, 6) is 0.583. The third-order valence-corrected chi connectivity index (χ3v) is 7.59. The molecule has 0 saturated heterocycles. The van der Waals surface area contributed by atoms with Crippen LogP contribution in [0.4, 0.5) is 5.95 Å². The van der Waals surface area contributed by atoms with Gasteiger partial charge in [-0.15, -0.1) is 11.3 Å². The standard InChI is InChI=1S/C27H18BrClN4S/c28-19-10-8-17(9-11-19)23-16-24(25-7-4-14-34-25)33(32-23)27-30-22-13-12-20(29)15-21(22)26(31-27)18-5-2-1-3-6-18/h1-15,24H,16H2/t24-/m0/s1. The molecule has 0 fully saturated rings. The van der Waals surface area contributed by atoms with Gasteiger partial charge in [0.2, 0.25) is 5.95 Å². The molecule has 0 aliphatic carbocycles. The largest absolute Gasteiger partial charge is 0.247 e. The van der Waals surface area contributed by atoms with Crippen molar-refractivity contribution in [2.45, 2.75) is 12.5 Å². The van der Waals surface area contributed by atoms with Crippen LogP contribution in [0.15, 0.2) is 99.9 Å². The van der Waals surface area contributed by atoms with E-state index in [1.807, 2.05) is 53.5 Å². The van der Waals surface area contributed by atoms with Gasteiger partial charge in [0.25, 0.3) is 0 Å². The number of thiophene rings is 1. The summed E-state index contributed by atoms with van der Waals surface area (Å²) in [6, 6.07) is 28.4. The van der Waals surface area contributed by atoms with Crippen LogP contribution in [-0.4, -0.2) is 15.7 Å². The van der Waals surface area contributed by atoms with Crippen molar-refractivity contribution in [2.75, 3.05) is 5.01 Å². The molecule has 3 heterocycles. The van der Waals surface area contributed by atoms with E-state index in [4.69, 9.17) is 26.7 Å². The summed E-state index contributed by atoms with van der Waals surface area (Å²) in [7, 11) is 0. The van der Waals surface area contributed by atoms with Crippen LogP contribution in [0.5, 0.6) is 0 Å². The van der Waals surface area contributed by atoms with E-state index in [1.165, 1.54) is 4.88 Å². The van der Waals surface area contributed by atoms with Gasteiger partial charge in [-0.2, -0.15) is 5.10 Å². The van der Waals surface area contributed by atoms with Crippen LogP contribution in [0.3, 0.4) is 0 Å². The number of nitrogens with zero attached hydrogens (tertiary/aromatic N) is 4. The van der Waals surface area contributed by atoms with Gasteiger partial charge in [0.05, 0.1) is 23.0 Å². The van der Waals surface area contributed by atoms with Gasteiger partial charge in [-0.1, -0.05) is 76.1 Å². The maximum absolute atomic E-state index is 6.34. The fourth-order valence-electron chi connectivity index (χ4n) is 4.22. The minimum atomic E-state index is 0.0343. The normalized spacial score (nSPS) is 15.6. The monoisotopic (exact) mass is 544 g/mol. The summed E-state index contributed by atoms with van der Waals surface area (Å²) in [6.07, 6.45) is 0.783. The molecular weight excluding hydrogens is 528 g/mol. The molecule has 5 aromatic rings. The number of benzene rings is 3. The van der Waals surface area contributed by atoms with Crippen LogP contribution in [-0.2, 0) is 0 Å². The third-order valence-electron chi connectivity index (χ3n) is 5.86. The quantitative estimate of drug-likeness (QED) is 0.229. The van der Waals surface area contributed by atoms with Crippen molar-refractivity contribution in [3.63, 3.8) is 0 Å².